The summed E-state index contributed by atoms with van der Waals surface area (Å²) < 4.78 is 13.7. The number of rotatable bonds is 10. The van der Waals surface area contributed by atoms with E-state index in [1.807, 2.05) is 49.4 Å². The summed E-state index contributed by atoms with van der Waals surface area (Å²) in [4.78, 5) is 16.7. The van der Waals surface area contributed by atoms with Gasteiger partial charge in [-0.15, -0.1) is 11.3 Å². The summed E-state index contributed by atoms with van der Waals surface area (Å²) in [7, 11) is 0. The molecular formula is C26H25N3O3S2. The molecule has 1 aromatic heterocycles. The Bertz CT molecular complexity index is 1250. The van der Waals surface area contributed by atoms with E-state index < -0.39 is 0 Å². The molecule has 0 unspecified atom stereocenters. The first-order valence-corrected chi connectivity index (χ1v) is 12.7. The number of carbonyl (C=O) groups is 1. The van der Waals surface area contributed by atoms with Crippen LogP contribution in [0.4, 0.5) is 0 Å². The number of para-hydroxylation sites is 1. The summed E-state index contributed by atoms with van der Waals surface area (Å²) in [6.45, 7) is 4.95. The van der Waals surface area contributed by atoms with Gasteiger partial charge in [-0.05, 0) is 55.3 Å². The second-order valence-electron chi connectivity index (χ2n) is 7.44. The van der Waals surface area contributed by atoms with Crippen LogP contribution in [-0.4, -0.2) is 29.5 Å². The molecule has 0 saturated heterocycles. The Labute approximate surface area is 207 Å². The molecule has 0 aliphatic rings. The minimum atomic E-state index is -0.191. The average molecular weight is 492 g/mol. The van der Waals surface area contributed by atoms with E-state index in [0.29, 0.717) is 24.7 Å². The lowest BCUT2D eigenvalue weighted by Gasteiger charge is -2.12. The van der Waals surface area contributed by atoms with Gasteiger partial charge in [0.05, 0.1) is 28.8 Å². The van der Waals surface area contributed by atoms with Gasteiger partial charge in [-0.2, -0.15) is 5.10 Å². The summed E-state index contributed by atoms with van der Waals surface area (Å²) in [6, 6.07) is 21.7. The highest BCUT2D eigenvalue weighted by Crippen LogP contribution is 2.30. The third-order valence-corrected chi connectivity index (χ3v) is 6.97. The molecule has 4 aromatic rings. The van der Waals surface area contributed by atoms with E-state index in [2.05, 4.69) is 46.7 Å². The first-order chi connectivity index (χ1) is 16.6. The first-order valence-electron chi connectivity index (χ1n) is 10.9. The van der Waals surface area contributed by atoms with E-state index in [1.54, 1.807) is 17.6 Å². The van der Waals surface area contributed by atoms with Gasteiger partial charge >= 0.3 is 0 Å². The number of ether oxygens (including phenoxy) is 2. The van der Waals surface area contributed by atoms with Gasteiger partial charge in [0.2, 0.25) is 0 Å². The average Bonchev–Trinajstić information content (AvgIpc) is 3.27. The van der Waals surface area contributed by atoms with E-state index in [0.717, 1.165) is 25.7 Å². The van der Waals surface area contributed by atoms with Gasteiger partial charge in [0.25, 0.3) is 5.91 Å². The normalized spacial score (nSPS) is 11.1. The molecule has 0 aliphatic heterocycles. The highest BCUT2D eigenvalue weighted by Gasteiger charge is 2.08. The van der Waals surface area contributed by atoms with Crippen molar-refractivity contribution in [3.63, 3.8) is 0 Å². The zero-order chi connectivity index (χ0) is 23.8. The largest absolute Gasteiger partial charge is 0.490 e. The molecule has 0 fully saturated rings. The predicted molar refractivity (Wildman–Crippen MR) is 139 cm³/mol. The van der Waals surface area contributed by atoms with E-state index in [1.165, 1.54) is 17.3 Å². The van der Waals surface area contributed by atoms with Crippen molar-refractivity contribution in [3.05, 3.63) is 83.4 Å². The Kier molecular flexibility index (Phi) is 8.17. The first kappa shape index (κ1) is 23.8. The lowest BCUT2D eigenvalue weighted by Crippen LogP contribution is -2.19. The molecular weight excluding hydrogens is 466 g/mol. The van der Waals surface area contributed by atoms with Crippen LogP contribution >= 0.6 is 23.1 Å². The minimum Gasteiger partial charge on any atom is -0.490 e. The maximum Gasteiger partial charge on any atom is 0.250 e. The van der Waals surface area contributed by atoms with Crippen molar-refractivity contribution in [2.24, 2.45) is 5.10 Å². The highest BCUT2D eigenvalue weighted by atomic mass is 32.2. The number of hydrogen-bond acceptors (Lipinski definition) is 7. The van der Waals surface area contributed by atoms with Crippen molar-refractivity contribution in [3.8, 4) is 11.5 Å². The predicted octanol–water partition coefficient (Wildman–Crippen LogP) is 5.82. The Morgan fingerprint density at radius 3 is 2.71 bits per heavy atom. The molecule has 8 heteroatoms. The lowest BCUT2D eigenvalue weighted by molar-refractivity contribution is -0.118. The number of thioether (sulfide) groups is 1. The number of fused-ring (bicyclic) bond motifs is 1. The van der Waals surface area contributed by atoms with Crippen LogP contribution in [0.25, 0.3) is 10.2 Å². The molecule has 3 aromatic carbocycles. The quantitative estimate of drug-likeness (QED) is 0.172. The zero-order valence-electron chi connectivity index (χ0n) is 19.0. The number of nitrogens with one attached hydrogen (secondary N) is 1. The number of aryl methyl sites for hydroxylation is 1. The molecule has 0 bridgehead atoms. The topological polar surface area (TPSA) is 72.8 Å². The van der Waals surface area contributed by atoms with Gasteiger partial charge in [0.1, 0.15) is 6.61 Å². The molecule has 1 N–H and O–H groups in total. The smallest absolute Gasteiger partial charge is 0.250 e. The highest BCUT2D eigenvalue weighted by molar-refractivity contribution is 8.01. The van der Waals surface area contributed by atoms with Crippen LogP contribution in [-0.2, 0) is 11.4 Å². The molecule has 0 radical (unpaired) electrons. The molecule has 4 rings (SSSR count). The van der Waals surface area contributed by atoms with Crippen molar-refractivity contribution in [1.82, 2.24) is 10.4 Å². The number of amides is 1. The standard InChI is InChI=1S/C26H25N3O3S2/c1-3-31-23-14-20(12-13-22(23)32-16-19-10-8-18(2)9-11-19)15-27-29-25(30)17-33-26-28-21-6-4-5-7-24(21)34-26/h4-15H,3,16-17H2,1-2H3,(H,29,30). The van der Waals surface area contributed by atoms with Crippen LogP contribution in [0.15, 0.2) is 76.2 Å². The number of thiazole rings is 1. The molecule has 0 aliphatic carbocycles. The lowest BCUT2D eigenvalue weighted by atomic mass is 10.2. The maximum absolute atomic E-state index is 12.2. The van der Waals surface area contributed by atoms with E-state index in [9.17, 15) is 4.79 Å². The third-order valence-electron chi connectivity index (χ3n) is 4.79. The summed E-state index contributed by atoms with van der Waals surface area (Å²) >= 11 is 2.98. The molecule has 0 spiro atoms. The Morgan fingerprint density at radius 2 is 1.91 bits per heavy atom. The minimum absolute atomic E-state index is 0.191. The van der Waals surface area contributed by atoms with E-state index >= 15 is 0 Å². The number of nitrogens with zero attached hydrogens (tertiary/aromatic N) is 2. The van der Waals surface area contributed by atoms with Crippen LogP contribution in [0.2, 0.25) is 0 Å². The van der Waals surface area contributed by atoms with Crippen molar-refractivity contribution in [1.29, 1.82) is 0 Å². The molecule has 1 amide bonds. The summed E-state index contributed by atoms with van der Waals surface area (Å²) in [6.07, 6.45) is 1.59. The molecule has 0 saturated carbocycles. The molecule has 174 valence electrons. The third kappa shape index (κ3) is 6.59. The van der Waals surface area contributed by atoms with Crippen molar-refractivity contribution in [2.45, 2.75) is 24.8 Å². The van der Waals surface area contributed by atoms with Gasteiger partial charge in [-0.1, -0.05) is 53.7 Å². The molecule has 0 atom stereocenters. The van der Waals surface area contributed by atoms with Crippen LogP contribution in [0.1, 0.15) is 23.6 Å². The molecule has 1 heterocycles. The van der Waals surface area contributed by atoms with Crippen molar-refractivity contribution in [2.75, 3.05) is 12.4 Å². The summed E-state index contributed by atoms with van der Waals surface area (Å²) in [5, 5.41) is 4.08. The summed E-state index contributed by atoms with van der Waals surface area (Å²) in [5.74, 6) is 1.35. The monoisotopic (exact) mass is 491 g/mol. The maximum atomic E-state index is 12.2. The van der Waals surface area contributed by atoms with Crippen LogP contribution < -0.4 is 14.9 Å². The van der Waals surface area contributed by atoms with E-state index in [-0.39, 0.29) is 11.7 Å². The fraction of sp³-hybridized carbons (Fsp3) is 0.192. The van der Waals surface area contributed by atoms with Crippen molar-refractivity contribution < 1.29 is 14.3 Å². The fourth-order valence-corrected chi connectivity index (χ4v) is 4.95. The number of hydrogen-bond donors (Lipinski definition) is 1. The van der Waals surface area contributed by atoms with E-state index in [4.69, 9.17) is 9.47 Å². The molecule has 34 heavy (non-hydrogen) atoms. The number of hydrazone groups is 1. The Morgan fingerprint density at radius 1 is 1.09 bits per heavy atom. The second kappa shape index (κ2) is 11.7. The van der Waals surface area contributed by atoms with Gasteiger partial charge in [-0.3, -0.25) is 4.79 Å². The van der Waals surface area contributed by atoms with Gasteiger partial charge in [0, 0.05) is 0 Å². The zero-order valence-corrected chi connectivity index (χ0v) is 20.6. The fourth-order valence-electron chi connectivity index (χ4n) is 3.09. The van der Waals surface area contributed by atoms with Gasteiger partial charge in [0.15, 0.2) is 15.8 Å². The number of benzene rings is 3. The van der Waals surface area contributed by atoms with Crippen LogP contribution in [0.5, 0.6) is 11.5 Å². The second-order valence-corrected chi connectivity index (χ2v) is 9.70. The Balaban J connectivity index is 1.31. The van der Waals surface area contributed by atoms with Crippen molar-refractivity contribution >= 4 is 45.4 Å². The van der Waals surface area contributed by atoms with Crippen LogP contribution in [0.3, 0.4) is 0 Å². The summed E-state index contributed by atoms with van der Waals surface area (Å²) in [5.41, 5.74) is 6.61. The SMILES string of the molecule is CCOc1cc(C=NNC(=O)CSc2nc3ccccc3s2)ccc1OCc1ccc(C)cc1. The van der Waals surface area contributed by atoms with Gasteiger partial charge < -0.3 is 9.47 Å². The van der Waals surface area contributed by atoms with Crippen LogP contribution in [0, 0.1) is 6.92 Å². The number of carbonyl (C=O) groups excluding carboxylic acids is 1. The Hall–Kier alpha value is -3.36. The molecule has 6 nitrogen and oxygen atoms in total. The van der Waals surface area contributed by atoms with Gasteiger partial charge in [-0.25, -0.2) is 10.4 Å². The number of aromatic nitrogens is 1.